The maximum atomic E-state index is 11.7. The molecule has 1 aromatic rings. The fourth-order valence-corrected chi connectivity index (χ4v) is 4.15. The number of carbonyl (C=O) groups excluding carboxylic acids is 1. The first-order valence-electron chi connectivity index (χ1n) is 5.44. The second-order valence-electron chi connectivity index (χ2n) is 4.43. The van der Waals surface area contributed by atoms with E-state index in [1.807, 2.05) is 12.3 Å². The van der Waals surface area contributed by atoms with Crippen LogP contribution in [0.1, 0.15) is 17.1 Å². The first-order valence-corrected chi connectivity index (χ1v) is 8.80. The van der Waals surface area contributed by atoms with E-state index in [0.29, 0.717) is 13.1 Å². The SMILES string of the molecule is Cc1csc(CN2CC(CS(=O)(=O)Cl)CC2=O)n1. The fraction of sp³-hybridized carbons (Fsp3) is 0.600. The van der Waals surface area contributed by atoms with E-state index in [1.165, 1.54) is 11.3 Å². The number of likely N-dealkylation sites (tertiary alicyclic amines) is 1. The van der Waals surface area contributed by atoms with Gasteiger partial charge in [-0.1, -0.05) is 0 Å². The smallest absolute Gasteiger partial charge is 0.232 e. The molecule has 100 valence electrons. The Morgan fingerprint density at radius 2 is 2.33 bits per heavy atom. The van der Waals surface area contributed by atoms with Gasteiger partial charge in [0.15, 0.2) is 0 Å². The maximum Gasteiger partial charge on any atom is 0.232 e. The molecule has 0 aromatic carbocycles. The quantitative estimate of drug-likeness (QED) is 0.788. The standard InChI is InChI=1S/C10H13ClN2O3S2/c1-7-5-17-9(12-7)4-13-3-8(2-10(13)14)6-18(11,15)16/h5,8H,2-4,6H2,1H3. The second kappa shape index (κ2) is 5.14. The summed E-state index contributed by atoms with van der Waals surface area (Å²) in [4.78, 5) is 17.7. The largest absolute Gasteiger partial charge is 0.336 e. The summed E-state index contributed by atoms with van der Waals surface area (Å²) < 4.78 is 22.0. The Balaban J connectivity index is 1.97. The molecule has 0 saturated carbocycles. The Labute approximate surface area is 114 Å². The van der Waals surface area contributed by atoms with Crippen LogP contribution in [0.2, 0.25) is 0 Å². The van der Waals surface area contributed by atoms with E-state index in [-0.39, 0.29) is 24.0 Å². The number of hydrogen-bond donors (Lipinski definition) is 0. The van der Waals surface area contributed by atoms with Crippen LogP contribution in [0.5, 0.6) is 0 Å². The van der Waals surface area contributed by atoms with E-state index in [4.69, 9.17) is 10.7 Å². The Morgan fingerprint density at radius 1 is 1.61 bits per heavy atom. The van der Waals surface area contributed by atoms with Crippen molar-refractivity contribution in [2.45, 2.75) is 19.9 Å². The Morgan fingerprint density at radius 3 is 2.89 bits per heavy atom. The van der Waals surface area contributed by atoms with E-state index in [9.17, 15) is 13.2 Å². The third kappa shape index (κ3) is 3.66. The molecule has 8 heteroatoms. The van der Waals surface area contributed by atoms with Gasteiger partial charge in [0.1, 0.15) is 5.01 Å². The molecule has 0 radical (unpaired) electrons. The van der Waals surface area contributed by atoms with Gasteiger partial charge >= 0.3 is 0 Å². The molecule has 1 saturated heterocycles. The molecule has 0 spiro atoms. The van der Waals surface area contributed by atoms with Gasteiger partial charge < -0.3 is 4.90 Å². The molecule has 1 fully saturated rings. The van der Waals surface area contributed by atoms with E-state index in [1.54, 1.807) is 4.90 Å². The monoisotopic (exact) mass is 308 g/mol. The van der Waals surface area contributed by atoms with Crippen LogP contribution in [0, 0.1) is 12.8 Å². The minimum absolute atomic E-state index is 0.0341. The summed E-state index contributed by atoms with van der Waals surface area (Å²) in [6.07, 6.45) is 0.246. The number of carbonyl (C=O) groups is 1. The molecule has 1 amide bonds. The highest BCUT2D eigenvalue weighted by atomic mass is 35.7. The number of thiazole rings is 1. The first kappa shape index (κ1) is 13.8. The second-order valence-corrected chi connectivity index (χ2v) is 8.20. The van der Waals surface area contributed by atoms with Crippen LogP contribution in [0.4, 0.5) is 0 Å². The number of amides is 1. The number of aryl methyl sites for hydroxylation is 1. The van der Waals surface area contributed by atoms with E-state index in [2.05, 4.69) is 4.98 Å². The number of halogens is 1. The summed E-state index contributed by atoms with van der Waals surface area (Å²) >= 11 is 1.50. The van der Waals surface area contributed by atoms with Crippen molar-refractivity contribution in [3.8, 4) is 0 Å². The third-order valence-corrected chi connectivity index (χ3v) is 4.92. The first-order chi connectivity index (χ1) is 8.33. The van der Waals surface area contributed by atoms with Crippen molar-refractivity contribution in [2.24, 2.45) is 5.92 Å². The number of aromatic nitrogens is 1. The van der Waals surface area contributed by atoms with Crippen molar-refractivity contribution in [3.63, 3.8) is 0 Å². The Hall–Kier alpha value is -0.660. The maximum absolute atomic E-state index is 11.7. The fourth-order valence-electron chi connectivity index (χ4n) is 2.04. The minimum Gasteiger partial charge on any atom is -0.336 e. The van der Waals surface area contributed by atoms with Crippen LogP contribution in [0.15, 0.2) is 5.38 Å². The van der Waals surface area contributed by atoms with Crippen molar-refractivity contribution in [1.29, 1.82) is 0 Å². The van der Waals surface area contributed by atoms with Gasteiger partial charge in [-0.3, -0.25) is 4.79 Å². The van der Waals surface area contributed by atoms with Crippen molar-refractivity contribution in [3.05, 3.63) is 16.1 Å². The average Bonchev–Trinajstić information content (AvgIpc) is 2.73. The molecule has 0 N–H and O–H groups in total. The molecule has 2 rings (SSSR count). The zero-order valence-electron chi connectivity index (χ0n) is 9.80. The van der Waals surface area contributed by atoms with E-state index < -0.39 is 9.05 Å². The average molecular weight is 309 g/mol. The molecule has 1 aliphatic heterocycles. The molecule has 5 nitrogen and oxygen atoms in total. The van der Waals surface area contributed by atoms with Crippen molar-refractivity contribution >= 4 is 37.0 Å². The summed E-state index contributed by atoms with van der Waals surface area (Å²) in [5.74, 6) is -0.387. The molecule has 18 heavy (non-hydrogen) atoms. The number of nitrogens with zero attached hydrogens (tertiary/aromatic N) is 2. The normalized spacial score (nSPS) is 20.7. The summed E-state index contributed by atoms with van der Waals surface area (Å²) in [7, 11) is 1.66. The third-order valence-electron chi connectivity index (χ3n) is 2.72. The summed E-state index contributed by atoms with van der Waals surface area (Å²) in [5.41, 5.74) is 0.932. The Bertz CT molecular complexity index is 555. The van der Waals surface area contributed by atoms with Crippen molar-refractivity contribution in [1.82, 2.24) is 9.88 Å². The van der Waals surface area contributed by atoms with Gasteiger partial charge in [0.05, 0.1) is 12.3 Å². The van der Waals surface area contributed by atoms with Crippen LogP contribution in [0.3, 0.4) is 0 Å². The number of hydrogen-bond acceptors (Lipinski definition) is 5. The van der Waals surface area contributed by atoms with Crippen LogP contribution in [-0.4, -0.2) is 36.5 Å². The zero-order valence-corrected chi connectivity index (χ0v) is 12.2. The van der Waals surface area contributed by atoms with E-state index in [0.717, 1.165) is 10.7 Å². The lowest BCUT2D eigenvalue weighted by molar-refractivity contribution is -0.128. The lowest BCUT2D eigenvalue weighted by Crippen LogP contribution is -2.25. The predicted octanol–water partition coefficient (Wildman–Crippen LogP) is 1.37. The van der Waals surface area contributed by atoms with Crippen LogP contribution < -0.4 is 0 Å². The van der Waals surface area contributed by atoms with Gasteiger partial charge in [-0.15, -0.1) is 11.3 Å². The molecular formula is C10H13ClN2O3S2. The lowest BCUT2D eigenvalue weighted by Gasteiger charge is -2.14. The van der Waals surface area contributed by atoms with Gasteiger partial charge in [0.25, 0.3) is 0 Å². The van der Waals surface area contributed by atoms with Crippen LogP contribution in [-0.2, 0) is 20.4 Å². The van der Waals surface area contributed by atoms with Gasteiger partial charge in [-0.2, -0.15) is 0 Å². The van der Waals surface area contributed by atoms with Gasteiger partial charge in [0.2, 0.25) is 15.0 Å². The topological polar surface area (TPSA) is 67.3 Å². The van der Waals surface area contributed by atoms with Crippen molar-refractivity contribution in [2.75, 3.05) is 12.3 Å². The molecular weight excluding hydrogens is 296 g/mol. The molecule has 1 aliphatic rings. The summed E-state index contributed by atoms with van der Waals surface area (Å²) in [5, 5.41) is 2.80. The zero-order chi connectivity index (χ0) is 13.3. The molecule has 0 aliphatic carbocycles. The minimum atomic E-state index is -3.54. The van der Waals surface area contributed by atoms with E-state index >= 15 is 0 Å². The summed E-state index contributed by atoms with van der Waals surface area (Å²) in [6, 6.07) is 0. The predicted molar refractivity (Wildman–Crippen MR) is 70.0 cm³/mol. The summed E-state index contributed by atoms with van der Waals surface area (Å²) in [6.45, 7) is 2.79. The van der Waals surface area contributed by atoms with Crippen LogP contribution in [0.25, 0.3) is 0 Å². The molecule has 1 atom stereocenters. The van der Waals surface area contributed by atoms with Gasteiger partial charge in [-0.25, -0.2) is 13.4 Å². The van der Waals surface area contributed by atoms with Gasteiger partial charge in [-0.05, 0) is 6.92 Å². The van der Waals surface area contributed by atoms with Crippen LogP contribution >= 0.6 is 22.0 Å². The highest BCUT2D eigenvalue weighted by Crippen LogP contribution is 2.23. The highest BCUT2D eigenvalue weighted by Gasteiger charge is 2.32. The van der Waals surface area contributed by atoms with Gasteiger partial charge in [0, 0.05) is 40.6 Å². The molecule has 1 unspecified atom stereocenters. The Kier molecular flexibility index (Phi) is 3.93. The molecule has 0 bridgehead atoms. The highest BCUT2D eigenvalue weighted by molar-refractivity contribution is 8.13. The lowest BCUT2D eigenvalue weighted by atomic mass is 10.1. The molecule has 2 heterocycles. The molecule has 1 aromatic heterocycles. The number of rotatable bonds is 4. The van der Waals surface area contributed by atoms with Crippen molar-refractivity contribution < 1.29 is 13.2 Å².